The van der Waals surface area contributed by atoms with E-state index < -0.39 is 0 Å². The van der Waals surface area contributed by atoms with E-state index in [1.807, 2.05) is 52.0 Å². The standard InChI is InChI=1S/C21H27N3O3/c1-5-27-18-11-7-9-16(13-18)22-14-19(25)23-17-10-6-8-15(12-17)20(26)24-21(2,3)4/h6-13,22H,5,14H2,1-4H3,(H,23,25)(H,24,26). The van der Waals surface area contributed by atoms with Crippen LogP contribution in [0.3, 0.4) is 0 Å². The molecule has 144 valence electrons. The molecule has 6 heteroatoms. The summed E-state index contributed by atoms with van der Waals surface area (Å²) in [6.07, 6.45) is 0. The van der Waals surface area contributed by atoms with Gasteiger partial charge in [-0.25, -0.2) is 0 Å². The van der Waals surface area contributed by atoms with Crippen LogP contribution in [0, 0.1) is 0 Å². The quantitative estimate of drug-likeness (QED) is 0.696. The number of hydrogen-bond donors (Lipinski definition) is 3. The van der Waals surface area contributed by atoms with Crippen LogP contribution in [-0.4, -0.2) is 30.5 Å². The van der Waals surface area contributed by atoms with Crippen molar-refractivity contribution >= 4 is 23.2 Å². The van der Waals surface area contributed by atoms with Crippen LogP contribution >= 0.6 is 0 Å². The first-order valence-corrected chi connectivity index (χ1v) is 8.96. The Labute approximate surface area is 160 Å². The van der Waals surface area contributed by atoms with Crippen LogP contribution in [-0.2, 0) is 4.79 Å². The molecular formula is C21H27N3O3. The molecule has 2 aromatic rings. The molecule has 0 aliphatic heterocycles. The Hall–Kier alpha value is -3.02. The highest BCUT2D eigenvalue weighted by Gasteiger charge is 2.15. The predicted molar refractivity (Wildman–Crippen MR) is 108 cm³/mol. The maximum absolute atomic E-state index is 12.2. The van der Waals surface area contributed by atoms with Gasteiger partial charge in [0.1, 0.15) is 5.75 Å². The minimum atomic E-state index is -0.323. The van der Waals surface area contributed by atoms with E-state index in [0.717, 1.165) is 11.4 Å². The first-order chi connectivity index (χ1) is 12.8. The van der Waals surface area contributed by atoms with Gasteiger partial charge in [-0.3, -0.25) is 9.59 Å². The van der Waals surface area contributed by atoms with Crippen LogP contribution in [0.15, 0.2) is 48.5 Å². The first kappa shape index (κ1) is 20.3. The number of amides is 2. The molecule has 0 aliphatic rings. The number of carbonyl (C=O) groups excluding carboxylic acids is 2. The second-order valence-corrected chi connectivity index (χ2v) is 7.15. The molecule has 0 aliphatic carbocycles. The molecule has 0 heterocycles. The van der Waals surface area contributed by atoms with E-state index >= 15 is 0 Å². The van der Waals surface area contributed by atoms with Crippen LogP contribution in [0.5, 0.6) is 5.75 Å². The number of anilines is 2. The number of nitrogens with one attached hydrogen (secondary N) is 3. The van der Waals surface area contributed by atoms with Gasteiger partial charge in [0, 0.05) is 28.5 Å². The number of ether oxygens (including phenoxy) is 1. The average Bonchev–Trinajstić information content (AvgIpc) is 2.59. The Morgan fingerprint density at radius 3 is 2.41 bits per heavy atom. The monoisotopic (exact) mass is 369 g/mol. The van der Waals surface area contributed by atoms with E-state index in [4.69, 9.17) is 4.74 Å². The third-order valence-electron chi connectivity index (χ3n) is 3.50. The highest BCUT2D eigenvalue weighted by Crippen LogP contribution is 2.17. The molecule has 0 saturated heterocycles. The summed E-state index contributed by atoms with van der Waals surface area (Å²) in [5, 5.41) is 8.76. The molecule has 0 unspecified atom stereocenters. The lowest BCUT2D eigenvalue weighted by Gasteiger charge is -2.20. The largest absolute Gasteiger partial charge is 0.494 e. The van der Waals surface area contributed by atoms with Gasteiger partial charge in [-0.1, -0.05) is 12.1 Å². The molecule has 0 radical (unpaired) electrons. The Kier molecular flexibility index (Phi) is 6.82. The molecule has 3 N–H and O–H groups in total. The summed E-state index contributed by atoms with van der Waals surface area (Å²) in [5.74, 6) is 0.370. The van der Waals surface area contributed by atoms with Crippen molar-refractivity contribution in [2.45, 2.75) is 33.2 Å². The third-order valence-corrected chi connectivity index (χ3v) is 3.50. The maximum atomic E-state index is 12.2. The van der Waals surface area contributed by atoms with Gasteiger partial charge in [0.15, 0.2) is 0 Å². The van der Waals surface area contributed by atoms with Crippen molar-refractivity contribution in [2.24, 2.45) is 0 Å². The predicted octanol–water partition coefficient (Wildman–Crippen LogP) is 3.66. The van der Waals surface area contributed by atoms with Gasteiger partial charge in [0.25, 0.3) is 5.91 Å². The van der Waals surface area contributed by atoms with Crippen LogP contribution in [0.1, 0.15) is 38.1 Å². The molecule has 0 atom stereocenters. The van der Waals surface area contributed by atoms with E-state index in [1.54, 1.807) is 24.3 Å². The van der Waals surface area contributed by atoms with Gasteiger partial charge in [0.2, 0.25) is 5.91 Å². The summed E-state index contributed by atoms with van der Waals surface area (Å²) in [4.78, 5) is 24.4. The second-order valence-electron chi connectivity index (χ2n) is 7.15. The molecule has 27 heavy (non-hydrogen) atoms. The maximum Gasteiger partial charge on any atom is 0.251 e. The van der Waals surface area contributed by atoms with Crippen molar-refractivity contribution in [3.63, 3.8) is 0 Å². The summed E-state index contributed by atoms with van der Waals surface area (Å²) in [5.41, 5.74) is 1.55. The first-order valence-electron chi connectivity index (χ1n) is 8.96. The Morgan fingerprint density at radius 2 is 1.70 bits per heavy atom. The lowest BCUT2D eigenvalue weighted by Crippen LogP contribution is -2.40. The van der Waals surface area contributed by atoms with Gasteiger partial charge < -0.3 is 20.7 Å². The second kappa shape index (κ2) is 9.07. The van der Waals surface area contributed by atoms with Gasteiger partial charge in [-0.2, -0.15) is 0 Å². The summed E-state index contributed by atoms with van der Waals surface area (Å²) in [7, 11) is 0. The van der Waals surface area contributed by atoms with E-state index in [2.05, 4.69) is 16.0 Å². The SMILES string of the molecule is CCOc1cccc(NCC(=O)Nc2cccc(C(=O)NC(C)(C)C)c2)c1. The molecule has 2 rings (SSSR count). The summed E-state index contributed by atoms with van der Waals surface area (Å²) in [6.45, 7) is 8.37. The van der Waals surface area contributed by atoms with Gasteiger partial charge in [-0.05, 0) is 58.0 Å². The molecule has 0 bridgehead atoms. The van der Waals surface area contributed by atoms with E-state index in [0.29, 0.717) is 17.9 Å². The third kappa shape index (κ3) is 7.01. The average molecular weight is 369 g/mol. The fourth-order valence-electron chi connectivity index (χ4n) is 2.40. The normalized spacial score (nSPS) is 10.8. The van der Waals surface area contributed by atoms with Gasteiger partial charge in [0.05, 0.1) is 13.2 Å². The van der Waals surface area contributed by atoms with Crippen molar-refractivity contribution in [3.05, 3.63) is 54.1 Å². The van der Waals surface area contributed by atoms with Crippen molar-refractivity contribution in [1.29, 1.82) is 0 Å². The molecular weight excluding hydrogens is 342 g/mol. The Bertz CT molecular complexity index is 797. The number of carbonyl (C=O) groups is 2. The fraction of sp³-hybridized carbons (Fsp3) is 0.333. The smallest absolute Gasteiger partial charge is 0.251 e. The molecule has 2 amide bonds. The van der Waals surface area contributed by atoms with Crippen LogP contribution < -0.4 is 20.7 Å². The summed E-state index contributed by atoms with van der Waals surface area (Å²) < 4.78 is 5.44. The van der Waals surface area contributed by atoms with Crippen LogP contribution in [0.4, 0.5) is 11.4 Å². The molecule has 2 aromatic carbocycles. The highest BCUT2D eigenvalue weighted by molar-refractivity contribution is 5.98. The van der Waals surface area contributed by atoms with Crippen molar-refractivity contribution in [1.82, 2.24) is 5.32 Å². The van der Waals surface area contributed by atoms with Crippen molar-refractivity contribution in [2.75, 3.05) is 23.8 Å². The summed E-state index contributed by atoms with van der Waals surface area (Å²) in [6, 6.07) is 14.3. The zero-order valence-electron chi connectivity index (χ0n) is 16.3. The van der Waals surface area contributed by atoms with Crippen LogP contribution in [0.2, 0.25) is 0 Å². The highest BCUT2D eigenvalue weighted by atomic mass is 16.5. The minimum Gasteiger partial charge on any atom is -0.494 e. The number of hydrogen-bond acceptors (Lipinski definition) is 4. The van der Waals surface area contributed by atoms with Crippen molar-refractivity contribution < 1.29 is 14.3 Å². The number of rotatable bonds is 7. The van der Waals surface area contributed by atoms with Crippen LogP contribution in [0.25, 0.3) is 0 Å². The Balaban J connectivity index is 1.93. The van der Waals surface area contributed by atoms with Gasteiger partial charge in [-0.15, -0.1) is 0 Å². The minimum absolute atomic E-state index is 0.105. The molecule has 6 nitrogen and oxygen atoms in total. The molecule has 0 spiro atoms. The fourth-order valence-corrected chi connectivity index (χ4v) is 2.40. The molecule has 0 saturated carbocycles. The Morgan fingerprint density at radius 1 is 1.00 bits per heavy atom. The zero-order chi connectivity index (χ0) is 19.9. The van der Waals surface area contributed by atoms with E-state index in [9.17, 15) is 9.59 Å². The van der Waals surface area contributed by atoms with E-state index in [-0.39, 0.29) is 23.9 Å². The van der Waals surface area contributed by atoms with Crippen molar-refractivity contribution in [3.8, 4) is 5.75 Å². The molecule has 0 aromatic heterocycles. The number of benzene rings is 2. The topological polar surface area (TPSA) is 79.5 Å². The zero-order valence-corrected chi connectivity index (χ0v) is 16.3. The van der Waals surface area contributed by atoms with E-state index in [1.165, 1.54) is 0 Å². The molecule has 0 fully saturated rings. The van der Waals surface area contributed by atoms with Gasteiger partial charge >= 0.3 is 0 Å². The lowest BCUT2D eigenvalue weighted by atomic mass is 10.1. The lowest BCUT2D eigenvalue weighted by molar-refractivity contribution is -0.114. The summed E-state index contributed by atoms with van der Waals surface area (Å²) >= 11 is 0.